The summed E-state index contributed by atoms with van der Waals surface area (Å²) in [5, 5.41) is 10.0. The third kappa shape index (κ3) is 5.26. The fourth-order valence-corrected chi connectivity index (χ4v) is 2.52. The number of hydrogen-bond acceptors (Lipinski definition) is 6. The fourth-order valence-electron chi connectivity index (χ4n) is 2.52. The monoisotopic (exact) mass is 408 g/mol. The van der Waals surface area contributed by atoms with E-state index in [0.29, 0.717) is 17.2 Å². The molecule has 1 heterocycles. The predicted molar refractivity (Wildman–Crippen MR) is 104 cm³/mol. The summed E-state index contributed by atoms with van der Waals surface area (Å²) >= 11 is 0. The van der Waals surface area contributed by atoms with Gasteiger partial charge in [0.2, 0.25) is 0 Å². The van der Waals surface area contributed by atoms with E-state index in [1.165, 1.54) is 7.11 Å². The van der Waals surface area contributed by atoms with Gasteiger partial charge in [-0.25, -0.2) is 4.98 Å². The topological polar surface area (TPSA) is 134 Å². The van der Waals surface area contributed by atoms with Crippen LogP contribution in [0.5, 0.6) is 23.0 Å². The lowest BCUT2D eigenvalue weighted by molar-refractivity contribution is 0.373. The largest absolute Gasteiger partial charge is 0.504 e. The number of hydrogen-bond donors (Lipinski definition) is 4. The molecule has 0 aliphatic rings. The minimum absolute atomic E-state index is 0.0683. The zero-order valence-corrected chi connectivity index (χ0v) is 16.5. The van der Waals surface area contributed by atoms with Gasteiger partial charge >= 0.3 is 8.25 Å². The Morgan fingerprint density at radius 2 is 1.54 bits per heavy atom. The van der Waals surface area contributed by atoms with Crippen molar-refractivity contribution >= 4 is 8.25 Å². The number of ether oxygens (including phenoxy) is 3. The van der Waals surface area contributed by atoms with Crippen LogP contribution < -0.4 is 14.2 Å². The maximum atomic E-state index is 10.0. The summed E-state index contributed by atoms with van der Waals surface area (Å²) in [5.41, 5.74) is 3.15. The van der Waals surface area contributed by atoms with E-state index in [4.69, 9.17) is 28.6 Å². The van der Waals surface area contributed by atoms with Crippen LogP contribution in [-0.2, 0) is 4.57 Å². The number of nitrogens with one attached hydrogen (secondary N) is 1. The highest BCUT2D eigenvalue weighted by atomic mass is 31.1. The molecule has 3 aromatic rings. The van der Waals surface area contributed by atoms with Gasteiger partial charge in [0.05, 0.1) is 39.0 Å². The van der Waals surface area contributed by atoms with Crippen molar-refractivity contribution in [2.24, 2.45) is 0 Å². The first-order valence-electron chi connectivity index (χ1n) is 7.95. The zero-order chi connectivity index (χ0) is 20.7. The predicted octanol–water partition coefficient (Wildman–Crippen LogP) is 2.84. The van der Waals surface area contributed by atoms with E-state index in [0.717, 1.165) is 22.5 Å². The number of aromatic hydroxyl groups is 1. The molecule has 0 amide bonds. The molecule has 0 fully saturated rings. The summed E-state index contributed by atoms with van der Waals surface area (Å²) in [6.45, 7) is 0. The lowest BCUT2D eigenvalue weighted by atomic mass is 10.0. The van der Waals surface area contributed by atoms with Crippen LogP contribution in [0, 0.1) is 0 Å². The Morgan fingerprint density at radius 1 is 0.929 bits per heavy atom. The van der Waals surface area contributed by atoms with Gasteiger partial charge in [0.15, 0.2) is 11.5 Å². The summed E-state index contributed by atoms with van der Waals surface area (Å²) in [4.78, 5) is 21.8. The molecule has 28 heavy (non-hydrogen) atoms. The molecule has 150 valence electrons. The van der Waals surface area contributed by atoms with Crippen LogP contribution in [0.25, 0.3) is 22.5 Å². The van der Waals surface area contributed by atoms with Crippen molar-refractivity contribution in [1.29, 1.82) is 0 Å². The van der Waals surface area contributed by atoms with Crippen molar-refractivity contribution in [3.05, 3.63) is 42.7 Å². The van der Waals surface area contributed by atoms with E-state index in [9.17, 15) is 5.11 Å². The molecule has 9 nitrogen and oxygen atoms in total. The summed E-state index contributed by atoms with van der Waals surface area (Å²) in [7, 11) is 1.59. The first-order chi connectivity index (χ1) is 13.4. The number of aromatic nitrogens is 2. The molecular formula is C18H21N2O7P. The van der Waals surface area contributed by atoms with Crippen molar-refractivity contribution in [1.82, 2.24) is 9.97 Å². The van der Waals surface area contributed by atoms with E-state index in [1.54, 1.807) is 38.7 Å². The molecule has 0 saturated carbocycles. The van der Waals surface area contributed by atoms with Crippen molar-refractivity contribution in [3.63, 3.8) is 0 Å². The number of imidazole rings is 1. The van der Waals surface area contributed by atoms with Crippen LogP contribution in [0.2, 0.25) is 0 Å². The Labute approximate surface area is 162 Å². The van der Waals surface area contributed by atoms with E-state index >= 15 is 0 Å². The molecule has 0 radical (unpaired) electrons. The van der Waals surface area contributed by atoms with Gasteiger partial charge < -0.3 is 34.1 Å². The average Bonchev–Trinajstić information content (AvgIpc) is 3.17. The first kappa shape index (κ1) is 21.3. The Morgan fingerprint density at radius 3 is 2.04 bits per heavy atom. The van der Waals surface area contributed by atoms with E-state index in [1.807, 2.05) is 18.2 Å². The molecule has 3 rings (SSSR count). The van der Waals surface area contributed by atoms with Crippen molar-refractivity contribution in [3.8, 4) is 45.5 Å². The standard InChI is InChI=1S/C18H18N2O4.H3O3P/c1-22-13-6-12(7-14(9-13)23-2)18-17(19-10-20-18)11-4-5-16(24-3)15(21)8-11;1-4(2)3/h4-10,21H,1-3H3,(H,19,20);4H,(H2,1,2,3). The lowest BCUT2D eigenvalue weighted by Gasteiger charge is -2.10. The smallest absolute Gasteiger partial charge is 0.314 e. The van der Waals surface area contributed by atoms with Gasteiger partial charge in [-0.2, -0.15) is 0 Å². The Hall–Kier alpha value is -3.00. The number of rotatable bonds is 5. The van der Waals surface area contributed by atoms with Crippen LogP contribution in [-0.4, -0.2) is 46.2 Å². The molecule has 4 N–H and O–H groups in total. The van der Waals surface area contributed by atoms with Crippen LogP contribution in [0.1, 0.15) is 0 Å². The first-order valence-corrected chi connectivity index (χ1v) is 9.26. The van der Waals surface area contributed by atoms with Crippen LogP contribution in [0.3, 0.4) is 0 Å². The molecule has 0 bridgehead atoms. The van der Waals surface area contributed by atoms with Crippen molar-refractivity contribution in [2.45, 2.75) is 0 Å². The third-order valence-corrected chi connectivity index (χ3v) is 3.73. The number of H-pyrrole nitrogens is 1. The molecule has 0 spiro atoms. The van der Waals surface area contributed by atoms with Crippen molar-refractivity contribution < 1.29 is 33.7 Å². The molecule has 0 saturated heterocycles. The maximum Gasteiger partial charge on any atom is 0.314 e. The molecule has 2 aromatic carbocycles. The lowest BCUT2D eigenvalue weighted by Crippen LogP contribution is -1.91. The minimum Gasteiger partial charge on any atom is -0.504 e. The Kier molecular flexibility index (Phi) is 7.45. The zero-order valence-electron chi connectivity index (χ0n) is 15.5. The highest BCUT2D eigenvalue weighted by Gasteiger charge is 2.14. The average molecular weight is 408 g/mol. The van der Waals surface area contributed by atoms with Gasteiger partial charge in [0, 0.05) is 17.2 Å². The number of phenolic OH excluding ortho intramolecular Hbond substituents is 1. The van der Waals surface area contributed by atoms with Gasteiger partial charge in [0.25, 0.3) is 0 Å². The Bertz CT molecular complexity index is 933. The summed E-state index contributed by atoms with van der Waals surface area (Å²) in [6.07, 6.45) is 1.61. The molecule has 0 aliphatic carbocycles. The van der Waals surface area contributed by atoms with Crippen LogP contribution in [0.4, 0.5) is 0 Å². The second-order valence-corrected chi connectivity index (χ2v) is 5.96. The quantitative estimate of drug-likeness (QED) is 0.474. The van der Waals surface area contributed by atoms with Crippen LogP contribution >= 0.6 is 8.25 Å². The molecular weight excluding hydrogens is 387 g/mol. The highest BCUT2D eigenvalue weighted by molar-refractivity contribution is 7.30. The van der Waals surface area contributed by atoms with Gasteiger partial charge in [-0.05, 0) is 30.3 Å². The van der Waals surface area contributed by atoms with Gasteiger partial charge in [0.1, 0.15) is 11.5 Å². The summed E-state index contributed by atoms with van der Waals surface area (Å²) in [6, 6.07) is 10.8. The minimum atomic E-state index is -3.13. The number of nitrogens with zero attached hydrogens (tertiary/aromatic N) is 1. The number of aromatic amines is 1. The molecule has 1 aromatic heterocycles. The highest BCUT2D eigenvalue weighted by Crippen LogP contribution is 2.36. The molecule has 0 unspecified atom stereocenters. The molecule has 10 heteroatoms. The summed E-state index contributed by atoms with van der Waals surface area (Å²) in [5.74, 6) is 1.84. The van der Waals surface area contributed by atoms with E-state index in [-0.39, 0.29) is 5.75 Å². The second-order valence-electron chi connectivity index (χ2n) is 5.40. The fraction of sp³-hybridized carbons (Fsp3) is 0.167. The Balaban J connectivity index is 0.000000640. The number of benzene rings is 2. The SMILES string of the molecule is COc1cc(OC)cc(-c2nc[nH]c2-c2ccc(OC)c(O)c2)c1.O=[PH](O)O. The van der Waals surface area contributed by atoms with Crippen molar-refractivity contribution in [2.75, 3.05) is 21.3 Å². The number of phenols is 1. The van der Waals surface area contributed by atoms with Gasteiger partial charge in [-0.15, -0.1) is 0 Å². The molecule has 0 aliphatic heterocycles. The number of methoxy groups -OCH3 is 3. The molecule has 0 atom stereocenters. The maximum absolute atomic E-state index is 10.0. The normalized spacial score (nSPS) is 10.2. The van der Waals surface area contributed by atoms with Gasteiger partial charge in [-0.1, -0.05) is 0 Å². The third-order valence-electron chi connectivity index (χ3n) is 3.73. The van der Waals surface area contributed by atoms with E-state index < -0.39 is 8.25 Å². The van der Waals surface area contributed by atoms with Crippen LogP contribution in [0.15, 0.2) is 42.7 Å². The van der Waals surface area contributed by atoms with Gasteiger partial charge in [-0.3, -0.25) is 4.57 Å². The summed E-state index contributed by atoms with van der Waals surface area (Å²) < 4.78 is 24.5. The van der Waals surface area contributed by atoms with E-state index in [2.05, 4.69) is 9.97 Å². The second kappa shape index (κ2) is 9.80.